The molecule has 0 saturated heterocycles. The zero-order valence-corrected chi connectivity index (χ0v) is 20.9. The predicted molar refractivity (Wildman–Crippen MR) is 133 cm³/mol. The van der Waals surface area contributed by atoms with Gasteiger partial charge in [-0.15, -0.1) is 0 Å². The quantitative estimate of drug-likeness (QED) is 0.401. The maximum absolute atomic E-state index is 13.3. The number of carbonyl (C=O) groups is 1. The molecule has 3 aromatic carbocycles. The van der Waals surface area contributed by atoms with Gasteiger partial charge in [0.2, 0.25) is 5.91 Å². The van der Waals surface area contributed by atoms with Crippen LogP contribution in [0.5, 0.6) is 28.7 Å². The minimum atomic E-state index is -2.17. The van der Waals surface area contributed by atoms with Crippen LogP contribution in [0, 0.1) is 5.92 Å². The van der Waals surface area contributed by atoms with Crippen molar-refractivity contribution in [3.63, 3.8) is 0 Å². The number of aromatic hydroxyl groups is 1. The largest absolute Gasteiger partial charge is 0.504 e. The molecule has 0 spiro atoms. The van der Waals surface area contributed by atoms with Crippen molar-refractivity contribution in [3.05, 3.63) is 77.4 Å². The van der Waals surface area contributed by atoms with E-state index < -0.39 is 35.0 Å². The second-order valence-electron chi connectivity index (χ2n) is 9.17. The average molecular weight is 508 g/mol. The Labute approximate surface area is 214 Å². The average Bonchev–Trinajstić information content (AvgIpc) is 3.30. The Morgan fingerprint density at radius 2 is 1.68 bits per heavy atom. The fourth-order valence-corrected chi connectivity index (χ4v) is 6.04. The summed E-state index contributed by atoms with van der Waals surface area (Å²) < 4.78 is 23.0. The molecule has 1 aliphatic heterocycles. The van der Waals surface area contributed by atoms with Gasteiger partial charge in [0, 0.05) is 30.7 Å². The number of carbonyl (C=O) groups excluding carboxylic acids is 1. The molecule has 2 aliphatic rings. The standard InChI is InChI=1S/C28H29NO8/c1-29-26(32)22-23(15-8-6-5-7-9-15)28(16-10-11-19(35-3)18(30)12-16)27(33,25(22)31)24-20(36-4)13-17(34-2)14-21(24)37-28/h5-14,22-23,25,30-31,33H,1-4H3,(H,29,32)/t22?,23-,25?,27+,28+/m1/s1. The van der Waals surface area contributed by atoms with Crippen LogP contribution in [0.2, 0.25) is 0 Å². The first-order chi connectivity index (χ1) is 17.8. The molecule has 194 valence electrons. The number of aliphatic hydroxyl groups excluding tert-OH is 1. The molecule has 4 N–H and O–H groups in total. The van der Waals surface area contributed by atoms with Crippen molar-refractivity contribution < 1.29 is 39.1 Å². The van der Waals surface area contributed by atoms with Crippen LogP contribution in [0.25, 0.3) is 0 Å². The smallest absolute Gasteiger partial charge is 0.226 e. The molecule has 3 aromatic rings. The lowest BCUT2D eigenvalue weighted by atomic mass is 9.70. The van der Waals surface area contributed by atoms with E-state index in [-0.39, 0.29) is 28.6 Å². The van der Waals surface area contributed by atoms with E-state index >= 15 is 0 Å². The minimum Gasteiger partial charge on any atom is -0.504 e. The van der Waals surface area contributed by atoms with E-state index in [4.69, 9.17) is 18.9 Å². The van der Waals surface area contributed by atoms with Crippen LogP contribution in [-0.2, 0) is 16.0 Å². The second kappa shape index (κ2) is 8.86. The van der Waals surface area contributed by atoms with Crippen LogP contribution in [0.1, 0.15) is 22.6 Å². The van der Waals surface area contributed by atoms with E-state index in [1.165, 1.54) is 34.4 Å². The van der Waals surface area contributed by atoms with E-state index in [1.54, 1.807) is 24.3 Å². The summed E-state index contributed by atoms with van der Waals surface area (Å²) in [5.41, 5.74) is -2.74. The highest BCUT2D eigenvalue weighted by Crippen LogP contribution is 2.70. The number of hydrogen-bond acceptors (Lipinski definition) is 8. The van der Waals surface area contributed by atoms with Gasteiger partial charge in [-0.2, -0.15) is 0 Å². The maximum atomic E-state index is 13.3. The summed E-state index contributed by atoms with van der Waals surface area (Å²) in [6, 6.07) is 16.9. The Hall–Kier alpha value is -3.95. The minimum absolute atomic E-state index is 0.186. The number of phenolic OH excluding ortho intramolecular Hbond substituents is 1. The van der Waals surface area contributed by atoms with Gasteiger partial charge >= 0.3 is 0 Å². The first kappa shape index (κ1) is 24.7. The highest BCUT2D eigenvalue weighted by atomic mass is 16.5. The predicted octanol–water partition coefficient (Wildman–Crippen LogP) is 2.41. The maximum Gasteiger partial charge on any atom is 0.226 e. The van der Waals surface area contributed by atoms with Crippen LogP contribution in [-0.4, -0.2) is 55.7 Å². The van der Waals surface area contributed by atoms with Gasteiger partial charge in [-0.1, -0.05) is 36.4 Å². The zero-order chi connectivity index (χ0) is 26.5. The molecule has 1 saturated carbocycles. The molecule has 37 heavy (non-hydrogen) atoms. The summed E-state index contributed by atoms with van der Waals surface area (Å²) in [6.07, 6.45) is -1.62. The lowest BCUT2D eigenvalue weighted by molar-refractivity contribution is -0.154. The number of phenols is 1. The molecular weight excluding hydrogens is 478 g/mol. The normalized spacial score (nSPS) is 27.6. The molecule has 0 bridgehead atoms. The summed E-state index contributed by atoms with van der Waals surface area (Å²) in [4.78, 5) is 13.3. The van der Waals surface area contributed by atoms with Crippen molar-refractivity contribution in [1.29, 1.82) is 0 Å². The molecule has 9 nitrogen and oxygen atoms in total. The molecule has 0 radical (unpaired) electrons. The van der Waals surface area contributed by atoms with E-state index in [0.717, 1.165) is 0 Å². The third-order valence-electron chi connectivity index (χ3n) is 7.59. The van der Waals surface area contributed by atoms with Crippen molar-refractivity contribution >= 4 is 5.91 Å². The van der Waals surface area contributed by atoms with Gasteiger partial charge in [0.15, 0.2) is 22.7 Å². The van der Waals surface area contributed by atoms with E-state index in [9.17, 15) is 20.1 Å². The first-order valence-electron chi connectivity index (χ1n) is 11.8. The van der Waals surface area contributed by atoms with Crippen LogP contribution in [0.4, 0.5) is 0 Å². The Morgan fingerprint density at radius 1 is 0.973 bits per heavy atom. The van der Waals surface area contributed by atoms with Crippen molar-refractivity contribution in [3.8, 4) is 28.7 Å². The van der Waals surface area contributed by atoms with Crippen molar-refractivity contribution in [1.82, 2.24) is 5.32 Å². The van der Waals surface area contributed by atoms with Crippen LogP contribution >= 0.6 is 0 Å². The lowest BCUT2D eigenvalue weighted by Crippen LogP contribution is -2.52. The van der Waals surface area contributed by atoms with Gasteiger partial charge < -0.3 is 39.6 Å². The number of methoxy groups -OCH3 is 3. The summed E-state index contributed by atoms with van der Waals surface area (Å²) in [7, 11) is 5.83. The van der Waals surface area contributed by atoms with Crippen molar-refractivity contribution in [2.45, 2.75) is 23.2 Å². The van der Waals surface area contributed by atoms with Crippen molar-refractivity contribution in [2.24, 2.45) is 5.92 Å². The zero-order valence-electron chi connectivity index (χ0n) is 20.9. The molecule has 5 atom stereocenters. The molecule has 9 heteroatoms. The molecule has 1 aliphatic carbocycles. The number of fused-ring (bicyclic) bond motifs is 3. The molecule has 5 rings (SSSR count). The number of ether oxygens (including phenoxy) is 4. The summed E-state index contributed by atoms with van der Waals surface area (Å²) in [5.74, 6) is -1.59. The fourth-order valence-electron chi connectivity index (χ4n) is 6.04. The third kappa shape index (κ3) is 3.20. The fraction of sp³-hybridized carbons (Fsp3) is 0.321. The van der Waals surface area contributed by atoms with Gasteiger partial charge in [0.05, 0.1) is 32.8 Å². The third-order valence-corrected chi connectivity index (χ3v) is 7.59. The molecule has 1 fully saturated rings. The van der Waals surface area contributed by atoms with Crippen LogP contribution in [0.15, 0.2) is 60.7 Å². The Kier molecular flexibility index (Phi) is 5.92. The molecule has 0 aromatic heterocycles. The molecule has 2 unspecified atom stereocenters. The summed E-state index contributed by atoms with van der Waals surface area (Å²) >= 11 is 0. The van der Waals surface area contributed by atoms with E-state index in [0.29, 0.717) is 16.9 Å². The number of rotatable bonds is 6. The molecular formula is C28H29NO8. The topological polar surface area (TPSA) is 127 Å². The monoisotopic (exact) mass is 507 g/mol. The van der Waals surface area contributed by atoms with Gasteiger partial charge in [0.25, 0.3) is 0 Å². The number of nitrogens with one attached hydrogen (secondary N) is 1. The van der Waals surface area contributed by atoms with Gasteiger partial charge in [0.1, 0.15) is 23.4 Å². The van der Waals surface area contributed by atoms with Crippen LogP contribution < -0.4 is 24.3 Å². The Bertz CT molecular complexity index is 1350. The van der Waals surface area contributed by atoms with Gasteiger partial charge in [-0.3, -0.25) is 4.79 Å². The molecule has 1 heterocycles. The number of amides is 1. The highest BCUT2D eigenvalue weighted by Gasteiger charge is 2.78. The molecule has 1 amide bonds. The van der Waals surface area contributed by atoms with E-state index in [1.807, 2.05) is 30.3 Å². The van der Waals surface area contributed by atoms with E-state index in [2.05, 4.69) is 5.32 Å². The first-order valence-corrected chi connectivity index (χ1v) is 11.8. The SMILES string of the molecule is CNC(=O)C1C(O)[C@@]2(O)c3c(OC)cc(OC)cc3O[C@@]2(c2ccc(OC)c(O)c2)[C@@H]1c1ccccc1. The number of hydrogen-bond donors (Lipinski definition) is 4. The van der Waals surface area contributed by atoms with Crippen molar-refractivity contribution in [2.75, 3.05) is 28.4 Å². The highest BCUT2D eigenvalue weighted by molar-refractivity contribution is 5.83. The summed E-state index contributed by atoms with van der Waals surface area (Å²) in [5, 5.41) is 38.0. The lowest BCUT2D eigenvalue weighted by Gasteiger charge is -2.41. The second-order valence-corrected chi connectivity index (χ2v) is 9.17. The Balaban J connectivity index is 1.90. The summed E-state index contributed by atoms with van der Waals surface area (Å²) in [6.45, 7) is 0. The Morgan fingerprint density at radius 3 is 2.27 bits per heavy atom. The van der Waals surface area contributed by atoms with Crippen LogP contribution in [0.3, 0.4) is 0 Å². The number of aliphatic hydroxyl groups is 2. The number of benzene rings is 3. The van der Waals surface area contributed by atoms with Gasteiger partial charge in [-0.05, 0) is 17.7 Å². The van der Waals surface area contributed by atoms with Gasteiger partial charge in [-0.25, -0.2) is 0 Å².